The van der Waals surface area contributed by atoms with E-state index in [2.05, 4.69) is 87.0 Å². The fourth-order valence-corrected chi connectivity index (χ4v) is 7.25. The zero-order valence-corrected chi connectivity index (χ0v) is 33.7. The normalized spacial score (nSPS) is 17.1. The molecule has 2 aliphatic heterocycles. The summed E-state index contributed by atoms with van der Waals surface area (Å²) in [6, 6.07) is 9.67. The van der Waals surface area contributed by atoms with Crippen LogP contribution in [-0.2, 0) is 16.8 Å². The SMILES string of the molecule is CN1CCC(N2CCN(c3ccc(C(C)(C)C)c(NCCCN[C@@H](CCCNC(=N)N)CCCn4ccc(NC(=O)C(C)(C)C)nc4=O)c3)CC2)CC1. The van der Waals surface area contributed by atoms with Crippen molar-refractivity contribution in [2.75, 3.05) is 81.5 Å². The lowest BCUT2D eigenvalue weighted by Crippen LogP contribution is -2.53. The minimum Gasteiger partial charge on any atom is -0.385 e. The fourth-order valence-electron chi connectivity index (χ4n) is 7.25. The van der Waals surface area contributed by atoms with Crippen molar-refractivity contribution in [3.8, 4) is 0 Å². The van der Waals surface area contributed by atoms with Gasteiger partial charge < -0.3 is 36.8 Å². The first-order valence-corrected chi connectivity index (χ1v) is 19.9. The third-order valence-corrected chi connectivity index (χ3v) is 10.6. The van der Waals surface area contributed by atoms with E-state index in [0.717, 1.165) is 77.4 Å². The molecule has 1 amide bonds. The monoisotopic (exact) mass is 736 g/mol. The van der Waals surface area contributed by atoms with Gasteiger partial charge in [0.2, 0.25) is 5.91 Å². The van der Waals surface area contributed by atoms with E-state index in [1.54, 1.807) is 16.8 Å². The zero-order chi connectivity index (χ0) is 38.6. The van der Waals surface area contributed by atoms with Gasteiger partial charge in [-0.25, -0.2) is 4.79 Å². The molecule has 3 heterocycles. The third kappa shape index (κ3) is 13.6. The number of benzene rings is 1. The number of carbonyl (C=O) groups is 1. The molecule has 1 aromatic heterocycles. The van der Waals surface area contributed by atoms with Crippen LogP contribution in [0.3, 0.4) is 0 Å². The highest BCUT2D eigenvalue weighted by molar-refractivity contribution is 5.93. The second-order valence-corrected chi connectivity index (χ2v) is 17.1. The summed E-state index contributed by atoms with van der Waals surface area (Å²) in [6.07, 6.45) is 8.75. The summed E-state index contributed by atoms with van der Waals surface area (Å²) < 4.78 is 1.60. The van der Waals surface area contributed by atoms with Gasteiger partial charge in [-0.2, -0.15) is 4.98 Å². The Kier molecular flexibility index (Phi) is 15.5. The summed E-state index contributed by atoms with van der Waals surface area (Å²) in [6.45, 7) is 22.1. The number of amides is 1. The van der Waals surface area contributed by atoms with Crippen molar-refractivity contribution in [3.05, 3.63) is 46.5 Å². The van der Waals surface area contributed by atoms with Gasteiger partial charge in [0.25, 0.3) is 0 Å². The lowest BCUT2D eigenvalue weighted by molar-refractivity contribution is -0.123. The summed E-state index contributed by atoms with van der Waals surface area (Å²) in [5.74, 6) is 0.0870. The number of nitrogens with zero attached hydrogens (tertiary/aromatic N) is 5. The number of aromatic nitrogens is 2. The Hall–Kier alpha value is -3.68. The Morgan fingerprint density at radius 3 is 2.28 bits per heavy atom. The topological polar surface area (TPSA) is 160 Å². The highest BCUT2D eigenvalue weighted by atomic mass is 16.2. The number of hydrogen-bond acceptors (Lipinski definition) is 9. The Morgan fingerprint density at radius 2 is 1.64 bits per heavy atom. The summed E-state index contributed by atoms with van der Waals surface area (Å²) in [5, 5.41) is 20.7. The molecule has 13 nitrogen and oxygen atoms in total. The Balaban J connectivity index is 1.28. The molecule has 0 unspecified atom stereocenters. The van der Waals surface area contributed by atoms with Crippen LogP contribution in [-0.4, -0.2) is 109 Å². The number of anilines is 3. The third-order valence-electron chi connectivity index (χ3n) is 10.6. The van der Waals surface area contributed by atoms with Crippen LogP contribution in [0.1, 0.15) is 92.1 Å². The molecule has 0 saturated carbocycles. The lowest BCUT2D eigenvalue weighted by atomic mass is 9.85. The number of piperazine rings is 1. The standard InChI is InChI=1S/C40H69N11O2/c1-39(2,3)33-14-13-32(50-27-25-49(26-28-50)31-15-22-48(7)23-16-31)29-34(33)44-20-10-19-43-30(11-8-18-45-37(41)42)12-9-21-51-24-17-35(47-38(51)53)46-36(52)40(4,5)6/h13-14,17,24,29-31,43-44H,8-12,15-16,18-23,25-28H2,1-7H3,(H4,41,42,45)(H,46,47,52,53)/t30-/m0/s1. The number of piperidine rings is 1. The van der Waals surface area contributed by atoms with Gasteiger partial charge in [0.05, 0.1) is 0 Å². The summed E-state index contributed by atoms with van der Waals surface area (Å²) >= 11 is 0. The van der Waals surface area contributed by atoms with Gasteiger partial charge in [-0.15, -0.1) is 0 Å². The molecule has 4 rings (SSSR count). The van der Waals surface area contributed by atoms with E-state index >= 15 is 0 Å². The number of guanidine groups is 1. The number of likely N-dealkylation sites (tertiary alicyclic amines) is 1. The van der Waals surface area contributed by atoms with Gasteiger partial charge in [-0.1, -0.05) is 47.6 Å². The molecule has 0 aliphatic carbocycles. The predicted molar refractivity (Wildman–Crippen MR) is 219 cm³/mol. The van der Waals surface area contributed by atoms with Crippen LogP contribution < -0.4 is 37.6 Å². The van der Waals surface area contributed by atoms with E-state index in [4.69, 9.17) is 11.1 Å². The van der Waals surface area contributed by atoms with Gasteiger partial charge in [-0.3, -0.25) is 19.7 Å². The highest BCUT2D eigenvalue weighted by Gasteiger charge is 2.27. The molecule has 2 aromatic rings. The average molecular weight is 736 g/mol. The molecule has 0 radical (unpaired) electrons. The molecule has 2 saturated heterocycles. The number of rotatable bonds is 17. The summed E-state index contributed by atoms with van der Waals surface area (Å²) in [5.41, 5.74) is 8.45. The van der Waals surface area contributed by atoms with Crippen LogP contribution in [0.25, 0.3) is 0 Å². The highest BCUT2D eigenvalue weighted by Crippen LogP contribution is 2.33. The van der Waals surface area contributed by atoms with E-state index in [-0.39, 0.29) is 34.8 Å². The van der Waals surface area contributed by atoms with Crippen molar-refractivity contribution in [3.63, 3.8) is 0 Å². The van der Waals surface area contributed by atoms with Crippen LogP contribution in [0, 0.1) is 10.8 Å². The van der Waals surface area contributed by atoms with Crippen molar-refractivity contribution in [1.82, 2.24) is 30.0 Å². The van der Waals surface area contributed by atoms with E-state index in [9.17, 15) is 9.59 Å². The molecule has 2 aliphatic rings. The fraction of sp³-hybridized carbons (Fsp3) is 0.700. The molecule has 13 heteroatoms. The maximum atomic E-state index is 12.7. The first-order valence-electron chi connectivity index (χ1n) is 19.9. The quantitative estimate of drug-likeness (QED) is 0.0789. The van der Waals surface area contributed by atoms with E-state index < -0.39 is 5.41 Å². The molecular weight excluding hydrogens is 667 g/mol. The predicted octanol–water partition coefficient (Wildman–Crippen LogP) is 4.25. The Bertz CT molecular complexity index is 1510. The first-order chi connectivity index (χ1) is 25.1. The van der Waals surface area contributed by atoms with Crippen LogP contribution in [0.5, 0.6) is 0 Å². The maximum Gasteiger partial charge on any atom is 0.349 e. The number of aryl methyl sites for hydroxylation is 1. The van der Waals surface area contributed by atoms with E-state index in [1.807, 2.05) is 20.8 Å². The van der Waals surface area contributed by atoms with E-state index in [1.165, 1.54) is 42.9 Å². The largest absolute Gasteiger partial charge is 0.385 e. The molecule has 1 atom stereocenters. The first kappa shape index (κ1) is 42.1. The molecule has 1 aromatic carbocycles. The van der Waals surface area contributed by atoms with Crippen molar-refractivity contribution in [2.45, 2.75) is 111 Å². The van der Waals surface area contributed by atoms with Crippen LogP contribution in [0.15, 0.2) is 35.3 Å². The lowest BCUT2D eigenvalue weighted by Gasteiger charge is -2.43. The van der Waals surface area contributed by atoms with Gasteiger partial charge in [-0.05, 0) is 101 Å². The molecule has 7 N–H and O–H groups in total. The second kappa shape index (κ2) is 19.6. The van der Waals surface area contributed by atoms with Gasteiger partial charge in [0.1, 0.15) is 5.82 Å². The summed E-state index contributed by atoms with van der Waals surface area (Å²) in [4.78, 5) is 36.8. The molecule has 2 fully saturated rings. The Morgan fingerprint density at radius 1 is 0.943 bits per heavy atom. The minimum atomic E-state index is -0.572. The summed E-state index contributed by atoms with van der Waals surface area (Å²) in [7, 11) is 2.24. The zero-order valence-electron chi connectivity index (χ0n) is 33.7. The number of carbonyl (C=O) groups excluding carboxylic acids is 1. The van der Waals surface area contributed by atoms with Crippen molar-refractivity contribution < 1.29 is 4.79 Å². The van der Waals surface area contributed by atoms with Gasteiger partial charge in [0, 0.05) is 80.9 Å². The van der Waals surface area contributed by atoms with Crippen LogP contribution in [0.2, 0.25) is 0 Å². The van der Waals surface area contributed by atoms with Gasteiger partial charge >= 0.3 is 5.69 Å². The van der Waals surface area contributed by atoms with Crippen molar-refractivity contribution in [1.29, 1.82) is 5.41 Å². The molecule has 296 valence electrons. The molecule has 0 bridgehead atoms. The Labute approximate surface area is 318 Å². The smallest absolute Gasteiger partial charge is 0.349 e. The van der Waals surface area contributed by atoms with E-state index in [0.29, 0.717) is 13.1 Å². The average Bonchev–Trinajstić information content (AvgIpc) is 3.10. The van der Waals surface area contributed by atoms with Crippen LogP contribution >= 0.6 is 0 Å². The number of hydrogen-bond donors (Lipinski definition) is 6. The molecular formula is C40H69N11O2. The molecule has 0 spiro atoms. The number of nitrogens with two attached hydrogens (primary N) is 1. The van der Waals surface area contributed by atoms with Crippen molar-refractivity contribution in [2.24, 2.45) is 11.1 Å². The second-order valence-electron chi connectivity index (χ2n) is 17.1. The van der Waals surface area contributed by atoms with Crippen LogP contribution in [0.4, 0.5) is 17.2 Å². The molecule has 53 heavy (non-hydrogen) atoms. The maximum absolute atomic E-state index is 12.7. The number of nitrogens with one attached hydrogen (secondary N) is 5. The van der Waals surface area contributed by atoms with Gasteiger partial charge in [0.15, 0.2) is 5.96 Å². The minimum absolute atomic E-state index is 0.0109. The van der Waals surface area contributed by atoms with Crippen molar-refractivity contribution >= 4 is 29.1 Å².